The van der Waals surface area contributed by atoms with Crippen molar-refractivity contribution in [3.05, 3.63) is 24.3 Å². The normalized spacial score (nSPS) is 32.9. The third-order valence-electron chi connectivity index (χ3n) is 4.28. The monoisotopic (exact) mass is 232 g/mol. The van der Waals surface area contributed by atoms with Crippen LogP contribution in [0.3, 0.4) is 0 Å². The second kappa shape index (κ2) is 4.70. The van der Waals surface area contributed by atoms with Gasteiger partial charge >= 0.3 is 0 Å². The molecule has 2 aliphatic rings. The summed E-state index contributed by atoms with van der Waals surface area (Å²) in [6, 6.07) is 4.25. The van der Waals surface area contributed by atoms with E-state index < -0.39 is 0 Å². The highest BCUT2D eigenvalue weighted by atomic mass is 15.2. The van der Waals surface area contributed by atoms with E-state index in [1.165, 1.54) is 25.7 Å². The minimum atomic E-state index is 0.717. The van der Waals surface area contributed by atoms with Crippen LogP contribution in [0.1, 0.15) is 31.4 Å². The number of piperidine rings is 1. The molecule has 4 heteroatoms. The lowest BCUT2D eigenvalue weighted by molar-refractivity contribution is 0.110. The summed E-state index contributed by atoms with van der Waals surface area (Å²) in [4.78, 5) is 11.0. The lowest BCUT2D eigenvalue weighted by Crippen LogP contribution is -2.47. The van der Waals surface area contributed by atoms with Gasteiger partial charge in [-0.2, -0.15) is 0 Å². The molecule has 2 fully saturated rings. The predicted octanol–water partition coefficient (Wildman–Crippen LogP) is 1.19. The van der Waals surface area contributed by atoms with Crippen LogP contribution in [-0.2, 0) is 6.54 Å². The van der Waals surface area contributed by atoms with Gasteiger partial charge in [0.25, 0.3) is 0 Å². The maximum absolute atomic E-state index is 4.34. The summed E-state index contributed by atoms with van der Waals surface area (Å²) < 4.78 is 0. The number of hydrogen-bond donors (Lipinski definition) is 1. The van der Waals surface area contributed by atoms with Crippen molar-refractivity contribution in [2.45, 2.75) is 50.4 Å². The zero-order valence-electron chi connectivity index (χ0n) is 10.3. The molecule has 1 aromatic rings. The molecule has 2 bridgehead atoms. The number of rotatable bonds is 3. The largest absolute Gasteiger partial charge is 0.317 e. The number of nitrogens with zero attached hydrogens (tertiary/aromatic N) is 3. The Balaban J connectivity index is 1.69. The molecule has 0 aliphatic carbocycles. The fraction of sp³-hybridized carbons (Fsp3) is 0.692. The predicted molar refractivity (Wildman–Crippen MR) is 66.5 cm³/mol. The zero-order valence-corrected chi connectivity index (χ0v) is 10.3. The molecule has 3 rings (SSSR count). The Labute approximate surface area is 102 Å². The molecule has 0 saturated carbocycles. The van der Waals surface area contributed by atoms with E-state index in [1.54, 1.807) is 6.33 Å². The first-order valence-electron chi connectivity index (χ1n) is 6.54. The molecule has 2 aliphatic heterocycles. The molecule has 0 spiro atoms. The third kappa shape index (κ3) is 2.19. The van der Waals surface area contributed by atoms with E-state index in [4.69, 9.17) is 0 Å². The molecule has 0 amide bonds. The van der Waals surface area contributed by atoms with Gasteiger partial charge in [-0.15, -0.1) is 0 Å². The van der Waals surface area contributed by atoms with Crippen LogP contribution in [0.2, 0.25) is 0 Å². The van der Waals surface area contributed by atoms with E-state index in [0.717, 1.165) is 24.3 Å². The highest BCUT2D eigenvalue weighted by molar-refractivity contribution is 5.03. The molecular formula is C13H20N4. The van der Waals surface area contributed by atoms with E-state index in [1.807, 2.05) is 12.3 Å². The van der Waals surface area contributed by atoms with Crippen molar-refractivity contribution in [1.29, 1.82) is 0 Å². The summed E-state index contributed by atoms with van der Waals surface area (Å²) in [5, 5.41) is 3.44. The van der Waals surface area contributed by atoms with Crippen molar-refractivity contribution in [1.82, 2.24) is 20.2 Å². The molecule has 2 unspecified atom stereocenters. The van der Waals surface area contributed by atoms with E-state index in [9.17, 15) is 0 Å². The van der Waals surface area contributed by atoms with E-state index >= 15 is 0 Å². The van der Waals surface area contributed by atoms with Crippen LogP contribution >= 0.6 is 0 Å². The lowest BCUT2D eigenvalue weighted by atomic mass is 9.97. The van der Waals surface area contributed by atoms with Crippen molar-refractivity contribution < 1.29 is 0 Å². The van der Waals surface area contributed by atoms with Crippen LogP contribution in [0.4, 0.5) is 0 Å². The number of nitrogens with one attached hydrogen (secondary N) is 1. The van der Waals surface area contributed by atoms with Gasteiger partial charge in [-0.05, 0) is 38.8 Å². The summed E-state index contributed by atoms with van der Waals surface area (Å²) >= 11 is 0. The minimum absolute atomic E-state index is 0.717. The Morgan fingerprint density at radius 3 is 2.71 bits per heavy atom. The molecule has 3 heterocycles. The smallest absolute Gasteiger partial charge is 0.115 e. The first kappa shape index (κ1) is 11.1. The SMILES string of the molecule is CNC1CC2CCC(C1)N2Cc1ccncn1. The van der Waals surface area contributed by atoms with Crippen LogP contribution in [0.15, 0.2) is 18.6 Å². The second-order valence-corrected chi connectivity index (χ2v) is 5.22. The fourth-order valence-electron chi connectivity index (χ4n) is 3.37. The van der Waals surface area contributed by atoms with Crippen LogP contribution in [0, 0.1) is 0 Å². The average Bonchev–Trinajstić information content (AvgIpc) is 2.63. The fourth-order valence-corrected chi connectivity index (χ4v) is 3.37. The summed E-state index contributed by atoms with van der Waals surface area (Å²) in [7, 11) is 2.09. The minimum Gasteiger partial charge on any atom is -0.317 e. The van der Waals surface area contributed by atoms with Gasteiger partial charge in [0.05, 0.1) is 5.69 Å². The van der Waals surface area contributed by atoms with Gasteiger partial charge in [-0.3, -0.25) is 4.90 Å². The standard InChI is InChI=1S/C13H20N4/c1-14-11-6-12-2-3-13(7-11)17(12)8-10-4-5-15-9-16-10/h4-5,9,11-14H,2-3,6-8H2,1H3. The lowest BCUT2D eigenvalue weighted by Gasteiger charge is -2.38. The van der Waals surface area contributed by atoms with Crippen LogP contribution in [0.5, 0.6) is 0 Å². The first-order chi connectivity index (χ1) is 8.36. The molecule has 92 valence electrons. The van der Waals surface area contributed by atoms with Gasteiger partial charge < -0.3 is 5.32 Å². The van der Waals surface area contributed by atoms with Crippen LogP contribution < -0.4 is 5.32 Å². The highest BCUT2D eigenvalue weighted by Crippen LogP contribution is 2.36. The van der Waals surface area contributed by atoms with Crippen molar-refractivity contribution in [3.8, 4) is 0 Å². The van der Waals surface area contributed by atoms with Crippen LogP contribution in [-0.4, -0.2) is 40.0 Å². The summed E-state index contributed by atoms with van der Waals surface area (Å²) in [5.41, 5.74) is 1.15. The van der Waals surface area contributed by atoms with E-state index in [-0.39, 0.29) is 0 Å². The second-order valence-electron chi connectivity index (χ2n) is 5.22. The van der Waals surface area contributed by atoms with Crippen molar-refractivity contribution in [2.75, 3.05) is 7.05 Å². The molecular weight excluding hydrogens is 212 g/mol. The Morgan fingerprint density at radius 2 is 2.12 bits per heavy atom. The number of hydrogen-bond acceptors (Lipinski definition) is 4. The van der Waals surface area contributed by atoms with Gasteiger partial charge in [0, 0.05) is 30.9 Å². The molecule has 4 nitrogen and oxygen atoms in total. The molecule has 0 aromatic carbocycles. The molecule has 2 saturated heterocycles. The quantitative estimate of drug-likeness (QED) is 0.850. The molecule has 17 heavy (non-hydrogen) atoms. The van der Waals surface area contributed by atoms with Gasteiger partial charge in [0.15, 0.2) is 0 Å². The molecule has 0 radical (unpaired) electrons. The van der Waals surface area contributed by atoms with Gasteiger partial charge in [0.1, 0.15) is 6.33 Å². The van der Waals surface area contributed by atoms with Crippen molar-refractivity contribution >= 4 is 0 Å². The molecule has 1 aromatic heterocycles. The van der Waals surface area contributed by atoms with Crippen molar-refractivity contribution in [2.24, 2.45) is 0 Å². The Bertz CT molecular complexity index is 353. The Kier molecular flexibility index (Phi) is 3.07. The van der Waals surface area contributed by atoms with E-state index in [2.05, 4.69) is 27.2 Å². The van der Waals surface area contributed by atoms with Gasteiger partial charge in [-0.1, -0.05) is 0 Å². The van der Waals surface area contributed by atoms with Gasteiger partial charge in [0.2, 0.25) is 0 Å². The molecule has 2 atom stereocenters. The zero-order chi connectivity index (χ0) is 11.7. The molecule has 1 N–H and O–H groups in total. The Hall–Kier alpha value is -1.00. The topological polar surface area (TPSA) is 41.0 Å². The van der Waals surface area contributed by atoms with Crippen LogP contribution in [0.25, 0.3) is 0 Å². The van der Waals surface area contributed by atoms with E-state index in [0.29, 0.717) is 6.04 Å². The maximum Gasteiger partial charge on any atom is 0.115 e. The summed E-state index contributed by atoms with van der Waals surface area (Å²) in [6.07, 6.45) is 8.78. The number of aromatic nitrogens is 2. The highest BCUT2D eigenvalue weighted by Gasteiger charge is 2.40. The first-order valence-corrected chi connectivity index (χ1v) is 6.54. The van der Waals surface area contributed by atoms with Crippen molar-refractivity contribution in [3.63, 3.8) is 0 Å². The average molecular weight is 232 g/mol. The third-order valence-corrected chi connectivity index (χ3v) is 4.28. The van der Waals surface area contributed by atoms with Gasteiger partial charge in [-0.25, -0.2) is 9.97 Å². The maximum atomic E-state index is 4.34. The summed E-state index contributed by atoms with van der Waals surface area (Å²) in [6.45, 7) is 0.994. The number of fused-ring (bicyclic) bond motifs is 2. The summed E-state index contributed by atoms with van der Waals surface area (Å²) in [5.74, 6) is 0. The Morgan fingerprint density at radius 1 is 1.35 bits per heavy atom.